The van der Waals surface area contributed by atoms with Crippen LogP contribution >= 0.6 is 0 Å². The van der Waals surface area contributed by atoms with E-state index in [0.29, 0.717) is 18.7 Å². The van der Waals surface area contributed by atoms with Gasteiger partial charge in [0.25, 0.3) is 0 Å². The number of H-pyrrole nitrogens is 1. The van der Waals surface area contributed by atoms with E-state index in [-0.39, 0.29) is 11.4 Å². The first kappa shape index (κ1) is 13.6. The molecule has 0 bridgehead atoms. The number of aromatic nitrogens is 2. The predicted octanol–water partition coefficient (Wildman–Crippen LogP) is 2.91. The van der Waals surface area contributed by atoms with Crippen LogP contribution in [-0.2, 0) is 12.6 Å². The van der Waals surface area contributed by atoms with Crippen molar-refractivity contribution in [1.29, 1.82) is 0 Å². The summed E-state index contributed by atoms with van der Waals surface area (Å²) in [6.07, 6.45) is -3.86. The summed E-state index contributed by atoms with van der Waals surface area (Å²) in [6, 6.07) is 5.39. The van der Waals surface area contributed by atoms with Crippen LogP contribution in [0, 0.1) is 6.92 Å². The summed E-state index contributed by atoms with van der Waals surface area (Å²) in [6.45, 7) is 2.18. The number of rotatable bonds is 3. The number of alkyl halides is 3. The van der Waals surface area contributed by atoms with Crippen LogP contribution in [-0.4, -0.2) is 16.5 Å². The van der Waals surface area contributed by atoms with E-state index in [1.807, 2.05) is 0 Å². The second-order valence-electron chi connectivity index (χ2n) is 4.24. The first-order valence-electron chi connectivity index (χ1n) is 5.85. The van der Waals surface area contributed by atoms with Gasteiger partial charge in [-0.1, -0.05) is 18.2 Å². The number of aryl methyl sites for hydroxylation is 1. The minimum absolute atomic E-state index is 0.0568. The van der Waals surface area contributed by atoms with Crippen molar-refractivity contribution in [3.8, 4) is 11.4 Å². The number of nitrogens with two attached hydrogens (primary N) is 1. The monoisotopic (exact) mass is 269 g/mol. The molecule has 0 saturated heterocycles. The second-order valence-corrected chi connectivity index (χ2v) is 4.24. The van der Waals surface area contributed by atoms with Gasteiger partial charge in [-0.15, -0.1) is 0 Å². The largest absolute Gasteiger partial charge is 0.417 e. The van der Waals surface area contributed by atoms with Gasteiger partial charge in [0.2, 0.25) is 0 Å². The molecule has 0 fully saturated rings. The van der Waals surface area contributed by atoms with Crippen LogP contribution in [0.2, 0.25) is 0 Å². The van der Waals surface area contributed by atoms with E-state index in [1.54, 1.807) is 13.0 Å². The highest BCUT2D eigenvalue weighted by Crippen LogP contribution is 2.36. The van der Waals surface area contributed by atoms with Gasteiger partial charge in [0.15, 0.2) is 0 Å². The molecule has 1 aromatic heterocycles. The number of halogens is 3. The van der Waals surface area contributed by atoms with Gasteiger partial charge < -0.3 is 10.7 Å². The molecule has 3 nitrogen and oxygen atoms in total. The van der Waals surface area contributed by atoms with Gasteiger partial charge in [0, 0.05) is 17.7 Å². The first-order valence-corrected chi connectivity index (χ1v) is 5.85. The van der Waals surface area contributed by atoms with Crippen molar-refractivity contribution < 1.29 is 13.2 Å². The van der Waals surface area contributed by atoms with Gasteiger partial charge in [-0.3, -0.25) is 0 Å². The van der Waals surface area contributed by atoms with Gasteiger partial charge in [-0.2, -0.15) is 13.2 Å². The predicted molar refractivity (Wildman–Crippen MR) is 66.5 cm³/mol. The third-order valence-corrected chi connectivity index (χ3v) is 2.85. The molecule has 0 spiro atoms. The highest BCUT2D eigenvalue weighted by molar-refractivity contribution is 5.62. The minimum atomic E-state index is -4.40. The van der Waals surface area contributed by atoms with Gasteiger partial charge in [0.1, 0.15) is 5.82 Å². The van der Waals surface area contributed by atoms with Gasteiger partial charge >= 0.3 is 6.18 Å². The second kappa shape index (κ2) is 5.05. The maximum atomic E-state index is 12.9. The van der Waals surface area contributed by atoms with E-state index in [9.17, 15) is 13.2 Å². The lowest BCUT2D eigenvalue weighted by molar-refractivity contribution is -0.137. The highest BCUT2D eigenvalue weighted by Gasteiger charge is 2.34. The average Bonchev–Trinajstić information content (AvgIpc) is 2.70. The third kappa shape index (κ3) is 2.78. The zero-order valence-electron chi connectivity index (χ0n) is 10.4. The average molecular weight is 269 g/mol. The van der Waals surface area contributed by atoms with Crippen LogP contribution in [0.4, 0.5) is 13.2 Å². The number of imidazole rings is 1. The van der Waals surface area contributed by atoms with E-state index in [2.05, 4.69) is 9.97 Å². The number of nitrogens with zero attached hydrogens (tertiary/aromatic N) is 1. The summed E-state index contributed by atoms with van der Waals surface area (Å²) < 4.78 is 38.8. The highest BCUT2D eigenvalue weighted by atomic mass is 19.4. The molecule has 102 valence electrons. The Morgan fingerprint density at radius 3 is 2.58 bits per heavy atom. The Hall–Kier alpha value is -1.82. The number of aromatic amines is 1. The van der Waals surface area contributed by atoms with Crippen molar-refractivity contribution in [3.05, 3.63) is 41.2 Å². The van der Waals surface area contributed by atoms with Crippen molar-refractivity contribution in [3.63, 3.8) is 0 Å². The van der Waals surface area contributed by atoms with Crippen LogP contribution in [0.25, 0.3) is 11.4 Å². The maximum Gasteiger partial charge on any atom is 0.417 e. The van der Waals surface area contributed by atoms with Crippen molar-refractivity contribution in [2.75, 3.05) is 6.54 Å². The molecule has 0 aliphatic carbocycles. The fourth-order valence-corrected chi connectivity index (χ4v) is 1.94. The van der Waals surface area contributed by atoms with Crippen molar-refractivity contribution in [2.45, 2.75) is 19.5 Å². The Labute approximate surface area is 108 Å². The Bertz CT molecular complexity index is 573. The molecule has 6 heteroatoms. The molecule has 1 heterocycles. The van der Waals surface area contributed by atoms with E-state index in [0.717, 1.165) is 11.8 Å². The fraction of sp³-hybridized carbons (Fsp3) is 0.308. The molecule has 0 aliphatic rings. The standard InChI is InChI=1S/C13H14F3N3/c1-8-11(6-7-17)19-12(18-8)9-4-2-3-5-10(9)13(14,15)16/h2-5H,6-7,17H2,1H3,(H,18,19). The topological polar surface area (TPSA) is 54.7 Å². The smallest absolute Gasteiger partial charge is 0.342 e. The van der Waals surface area contributed by atoms with Crippen molar-refractivity contribution in [2.24, 2.45) is 5.73 Å². The minimum Gasteiger partial charge on any atom is -0.342 e. The Morgan fingerprint density at radius 1 is 1.26 bits per heavy atom. The fourth-order valence-electron chi connectivity index (χ4n) is 1.94. The van der Waals surface area contributed by atoms with E-state index < -0.39 is 11.7 Å². The summed E-state index contributed by atoms with van der Waals surface area (Å²) in [4.78, 5) is 7.10. The SMILES string of the molecule is Cc1[nH]c(-c2ccccc2C(F)(F)F)nc1CCN. The summed E-state index contributed by atoms with van der Waals surface area (Å²) in [5.74, 6) is 0.230. The van der Waals surface area contributed by atoms with Gasteiger partial charge in [0.05, 0.1) is 11.3 Å². The van der Waals surface area contributed by atoms with Crippen molar-refractivity contribution in [1.82, 2.24) is 9.97 Å². The van der Waals surface area contributed by atoms with E-state index >= 15 is 0 Å². The molecule has 0 aliphatic heterocycles. The zero-order chi connectivity index (χ0) is 14.0. The molecule has 2 aromatic rings. The van der Waals surface area contributed by atoms with Gasteiger partial charge in [-0.25, -0.2) is 4.98 Å². The molecule has 19 heavy (non-hydrogen) atoms. The normalized spacial score (nSPS) is 11.8. The molecule has 0 amide bonds. The Morgan fingerprint density at radius 2 is 1.95 bits per heavy atom. The maximum absolute atomic E-state index is 12.9. The molecular formula is C13H14F3N3. The van der Waals surface area contributed by atoms with E-state index in [1.165, 1.54) is 12.1 Å². The van der Waals surface area contributed by atoms with Crippen LogP contribution in [0.5, 0.6) is 0 Å². The first-order chi connectivity index (χ1) is 8.93. The number of hydrogen-bond donors (Lipinski definition) is 2. The molecule has 0 radical (unpaired) electrons. The van der Waals surface area contributed by atoms with E-state index in [4.69, 9.17) is 5.73 Å². The Kier molecular flexibility index (Phi) is 3.61. The lowest BCUT2D eigenvalue weighted by Crippen LogP contribution is -2.07. The summed E-state index contributed by atoms with van der Waals surface area (Å²) in [5.41, 5.74) is 6.26. The van der Waals surface area contributed by atoms with Crippen LogP contribution in [0.15, 0.2) is 24.3 Å². The molecule has 0 unspecified atom stereocenters. The van der Waals surface area contributed by atoms with Crippen molar-refractivity contribution >= 4 is 0 Å². The van der Waals surface area contributed by atoms with Crippen LogP contribution in [0.3, 0.4) is 0 Å². The molecule has 2 rings (SSSR count). The third-order valence-electron chi connectivity index (χ3n) is 2.85. The van der Waals surface area contributed by atoms with Crippen LogP contribution < -0.4 is 5.73 Å². The quantitative estimate of drug-likeness (QED) is 0.900. The molecule has 0 saturated carbocycles. The molecule has 0 atom stereocenters. The van der Waals surface area contributed by atoms with Gasteiger partial charge in [-0.05, 0) is 19.5 Å². The molecular weight excluding hydrogens is 255 g/mol. The molecule has 3 N–H and O–H groups in total. The lowest BCUT2D eigenvalue weighted by Gasteiger charge is -2.10. The molecule has 1 aromatic carbocycles. The number of hydrogen-bond acceptors (Lipinski definition) is 2. The summed E-state index contributed by atoms with van der Waals surface area (Å²) >= 11 is 0. The number of benzene rings is 1. The lowest BCUT2D eigenvalue weighted by atomic mass is 10.1. The summed E-state index contributed by atoms with van der Waals surface area (Å²) in [7, 11) is 0. The summed E-state index contributed by atoms with van der Waals surface area (Å²) in [5, 5.41) is 0. The van der Waals surface area contributed by atoms with Crippen LogP contribution in [0.1, 0.15) is 17.0 Å². The number of nitrogens with one attached hydrogen (secondary N) is 1. The Balaban J connectivity index is 2.50. The zero-order valence-corrected chi connectivity index (χ0v) is 10.4.